The lowest BCUT2D eigenvalue weighted by molar-refractivity contribution is -0.125. The van der Waals surface area contributed by atoms with Gasteiger partial charge in [-0.25, -0.2) is 0 Å². The average molecular weight is 271 g/mol. The average Bonchev–Trinajstić information content (AvgIpc) is 2.27. The molecule has 2 amide bonds. The van der Waals surface area contributed by atoms with E-state index in [1.807, 2.05) is 18.7 Å². The van der Waals surface area contributed by atoms with Gasteiger partial charge in [0.2, 0.25) is 11.8 Å². The predicted octanol–water partition coefficient (Wildman–Crippen LogP) is -0.683. The Bertz CT molecular complexity index is 320. The Morgan fingerprint density at radius 2 is 2.11 bits per heavy atom. The number of carbonyl (C=O) groups is 2. The summed E-state index contributed by atoms with van der Waals surface area (Å²) in [5.41, 5.74) is 5.22. The number of aliphatic hydroxyl groups is 1. The second kappa shape index (κ2) is 7.45. The normalized spacial score (nSPS) is 24.4. The van der Waals surface area contributed by atoms with Crippen molar-refractivity contribution in [3.8, 4) is 0 Å². The summed E-state index contributed by atoms with van der Waals surface area (Å²) in [4.78, 5) is 24.7. The molecule has 0 aromatic heterocycles. The highest BCUT2D eigenvalue weighted by atomic mass is 16.3. The SMILES string of the molecule is CC(C)C(=O)NC1CC(CCO)CN(CC(N)=O)C1. The minimum Gasteiger partial charge on any atom is -0.396 e. The summed E-state index contributed by atoms with van der Waals surface area (Å²) in [7, 11) is 0. The molecule has 0 spiro atoms. The molecule has 6 heteroatoms. The van der Waals surface area contributed by atoms with Gasteiger partial charge in [-0.1, -0.05) is 13.8 Å². The number of hydrogen-bond acceptors (Lipinski definition) is 4. The van der Waals surface area contributed by atoms with E-state index in [0.717, 1.165) is 13.0 Å². The molecule has 4 N–H and O–H groups in total. The van der Waals surface area contributed by atoms with Gasteiger partial charge >= 0.3 is 0 Å². The Balaban J connectivity index is 2.59. The van der Waals surface area contributed by atoms with Crippen LogP contribution >= 0.6 is 0 Å². The molecule has 2 atom stereocenters. The first kappa shape index (κ1) is 15.9. The summed E-state index contributed by atoms with van der Waals surface area (Å²) in [5, 5.41) is 12.0. The minimum atomic E-state index is -0.362. The molecule has 1 rings (SSSR count). The van der Waals surface area contributed by atoms with Crippen LogP contribution in [0.5, 0.6) is 0 Å². The number of nitrogens with two attached hydrogens (primary N) is 1. The molecule has 6 nitrogen and oxygen atoms in total. The molecule has 0 bridgehead atoms. The van der Waals surface area contributed by atoms with Gasteiger partial charge in [0.05, 0.1) is 6.54 Å². The Morgan fingerprint density at radius 1 is 1.42 bits per heavy atom. The molecule has 2 unspecified atom stereocenters. The van der Waals surface area contributed by atoms with E-state index >= 15 is 0 Å². The standard InChI is InChI=1S/C13H25N3O3/c1-9(2)13(19)15-11-5-10(3-4-17)6-16(7-11)8-12(14)18/h9-11,17H,3-8H2,1-2H3,(H2,14,18)(H,15,19). The van der Waals surface area contributed by atoms with E-state index in [-0.39, 0.29) is 42.8 Å². The molecule has 110 valence electrons. The van der Waals surface area contributed by atoms with Crippen LogP contribution in [0.3, 0.4) is 0 Å². The Labute approximate surface area is 114 Å². The summed E-state index contributed by atoms with van der Waals surface area (Å²) in [6, 6.07) is 0.0274. The van der Waals surface area contributed by atoms with Crippen molar-refractivity contribution < 1.29 is 14.7 Å². The molecule has 19 heavy (non-hydrogen) atoms. The Morgan fingerprint density at radius 3 is 2.63 bits per heavy atom. The van der Waals surface area contributed by atoms with Gasteiger partial charge < -0.3 is 16.2 Å². The Hall–Kier alpha value is -1.14. The number of amides is 2. The number of hydrogen-bond donors (Lipinski definition) is 3. The first-order valence-electron chi connectivity index (χ1n) is 6.84. The van der Waals surface area contributed by atoms with Crippen LogP contribution in [0.15, 0.2) is 0 Å². The van der Waals surface area contributed by atoms with Crippen molar-refractivity contribution in [1.29, 1.82) is 0 Å². The smallest absolute Gasteiger partial charge is 0.231 e. The van der Waals surface area contributed by atoms with E-state index in [0.29, 0.717) is 13.0 Å². The summed E-state index contributed by atoms with van der Waals surface area (Å²) >= 11 is 0. The van der Waals surface area contributed by atoms with E-state index < -0.39 is 0 Å². The second-order valence-corrected chi connectivity index (χ2v) is 5.63. The lowest BCUT2D eigenvalue weighted by atomic mass is 9.91. The molecule has 1 fully saturated rings. The summed E-state index contributed by atoms with van der Waals surface area (Å²) in [6.45, 7) is 5.42. The van der Waals surface area contributed by atoms with E-state index in [2.05, 4.69) is 5.32 Å². The van der Waals surface area contributed by atoms with Gasteiger partial charge in [0.15, 0.2) is 0 Å². The van der Waals surface area contributed by atoms with Crippen molar-refractivity contribution in [1.82, 2.24) is 10.2 Å². The number of likely N-dealkylation sites (tertiary alicyclic amines) is 1. The lowest BCUT2D eigenvalue weighted by Gasteiger charge is -2.37. The van der Waals surface area contributed by atoms with E-state index in [4.69, 9.17) is 10.8 Å². The maximum Gasteiger partial charge on any atom is 0.231 e. The highest BCUT2D eigenvalue weighted by Crippen LogP contribution is 2.20. The largest absolute Gasteiger partial charge is 0.396 e. The van der Waals surface area contributed by atoms with Crippen LogP contribution < -0.4 is 11.1 Å². The van der Waals surface area contributed by atoms with E-state index in [1.54, 1.807) is 0 Å². The number of nitrogens with zero attached hydrogens (tertiary/aromatic N) is 1. The van der Waals surface area contributed by atoms with Gasteiger partial charge in [-0.05, 0) is 18.8 Å². The van der Waals surface area contributed by atoms with Gasteiger partial charge in [-0.3, -0.25) is 14.5 Å². The fourth-order valence-electron chi connectivity index (χ4n) is 2.52. The number of carbonyl (C=O) groups excluding carboxylic acids is 2. The molecule has 0 aliphatic carbocycles. The molecule has 1 aliphatic rings. The lowest BCUT2D eigenvalue weighted by Crippen LogP contribution is -2.53. The molecule has 0 saturated carbocycles. The third-order valence-electron chi connectivity index (χ3n) is 3.40. The topological polar surface area (TPSA) is 95.7 Å². The molecule has 1 saturated heterocycles. The first-order chi connectivity index (χ1) is 8.92. The number of piperidine rings is 1. The number of rotatable bonds is 6. The molecular weight excluding hydrogens is 246 g/mol. The van der Waals surface area contributed by atoms with Crippen LogP contribution in [0, 0.1) is 11.8 Å². The molecule has 1 heterocycles. The zero-order chi connectivity index (χ0) is 14.4. The number of aliphatic hydroxyl groups excluding tert-OH is 1. The van der Waals surface area contributed by atoms with Gasteiger partial charge in [-0.2, -0.15) is 0 Å². The number of nitrogens with one attached hydrogen (secondary N) is 1. The predicted molar refractivity (Wildman–Crippen MR) is 72.2 cm³/mol. The van der Waals surface area contributed by atoms with Crippen LogP contribution in [0.25, 0.3) is 0 Å². The highest BCUT2D eigenvalue weighted by molar-refractivity contribution is 5.78. The zero-order valence-corrected chi connectivity index (χ0v) is 11.8. The van der Waals surface area contributed by atoms with Gasteiger partial charge in [-0.15, -0.1) is 0 Å². The molecule has 0 radical (unpaired) electrons. The summed E-state index contributed by atoms with van der Waals surface area (Å²) in [5.74, 6) is -0.106. The molecule has 0 aromatic carbocycles. The van der Waals surface area contributed by atoms with Crippen molar-refractivity contribution in [3.63, 3.8) is 0 Å². The summed E-state index contributed by atoms with van der Waals surface area (Å²) in [6.07, 6.45) is 1.53. The van der Waals surface area contributed by atoms with E-state index in [9.17, 15) is 9.59 Å². The fourth-order valence-corrected chi connectivity index (χ4v) is 2.52. The molecule has 1 aliphatic heterocycles. The van der Waals surface area contributed by atoms with Gasteiger partial charge in [0, 0.05) is 31.7 Å². The minimum absolute atomic E-state index is 0.0219. The van der Waals surface area contributed by atoms with Crippen LogP contribution in [0.2, 0.25) is 0 Å². The van der Waals surface area contributed by atoms with E-state index in [1.165, 1.54) is 0 Å². The van der Waals surface area contributed by atoms with Crippen LogP contribution in [0.1, 0.15) is 26.7 Å². The van der Waals surface area contributed by atoms with Gasteiger partial charge in [0.25, 0.3) is 0 Å². The summed E-state index contributed by atoms with van der Waals surface area (Å²) < 4.78 is 0. The second-order valence-electron chi connectivity index (χ2n) is 5.63. The maximum absolute atomic E-state index is 11.7. The third-order valence-corrected chi connectivity index (χ3v) is 3.40. The Kier molecular flexibility index (Phi) is 6.24. The van der Waals surface area contributed by atoms with Crippen LogP contribution in [0.4, 0.5) is 0 Å². The monoisotopic (exact) mass is 271 g/mol. The molecule has 0 aromatic rings. The van der Waals surface area contributed by atoms with Crippen molar-refractivity contribution in [2.24, 2.45) is 17.6 Å². The van der Waals surface area contributed by atoms with Crippen LogP contribution in [-0.2, 0) is 9.59 Å². The third kappa shape index (κ3) is 5.57. The zero-order valence-electron chi connectivity index (χ0n) is 11.8. The molecular formula is C13H25N3O3. The fraction of sp³-hybridized carbons (Fsp3) is 0.846. The van der Waals surface area contributed by atoms with Crippen molar-refractivity contribution in [2.45, 2.75) is 32.7 Å². The van der Waals surface area contributed by atoms with Crippen LogP contribution in [-0.4, -0.2) is 54.1 Å². The van der Waals surface area contributed by atoms with Gasteiger partial charge in [0.1, 0.15) is 0 Å². The highest BCUT2D eigenvalue weighted by Gasteiger charge is 2.28. The quantitative estimate of drug-likeness (QED) is 0.596. The maximum atomic E-state index is 11.7. The van der Waals surface area contributed by atoms with Crippen molar-refractivity contribution in [2.75, 3.05) is 26.2 Å². The van der Waals surface area contributed by atoms with Crippen molar-refractivity contribution >= 4 is 11.8 Å². The van der Waals surface area contributed by atoms with Crippen molar-refractivity contribution in [3.05, 3.63) is 0 Å². The first-order valence-corrected chi connectivity index (χ1v) is 6.84. The number of primary amides is 1.